The first-order chi connectivity index (χ1) is 24.6. The van der Waals surface area contributed by atoms with Gasteiger partial charge < -0.3 is 9.84 Å². The van der Waals surface area contributed by atoms with E-state index in [-0.39, 0.29) is 53.0 Å². The van der Waals surface area contributed by atoms with E-state index in [9.17, 15) is 32.7 Å². The number of hydrazine groups is 1. The Hall–Kier alpha value is -3.66. The fraction of sp³-hybridized carbons (Fsp3) is 0.343. The van der Waals surface area contributed by atoms with E-state index >= 15 is 4.79 Å². The first kappa shape index (κ1) is 36.7. The van der Waals surface area contributed by atoms with Crippen LogP contribution in [0.2, 0.25) is 10.0 Å². The van der Waals surface area contributed by atoms with Gasteiger partial charge in [-0.1, -0.05) is 47.0 Å². The number of halogens is 7. The number of phenolic OH excluding ortho intramolecular Hbond substituents is 1. The summed E-state index contributed by atoms with van der Waals surface area (Å²) < 4.78 is 46.4. The van der Waals surface area contributed by atoms with Crippen molar-refractivity contribution in [3.05, 3.63) is 89.9 Å². The topological polar surface area (TPSA) is 129 Å². The van der Waals surface area contributed by atoms with Crippen molar-refractivity contribution >= 4 is 84.5 Å². The zero-order valence-electron chi connectivity index (χ0n) is 27.1. The highest BCUT2D eigenvalue weighted by molar-refractivity contribution is 9.13. The average molecular weight is 887 g/mol. The lowest BCUT2D eigenvalue weighted by Crippen LogP contribution is -2.53. The van der Waals surface area contributed by atoms with E-state index in [4.69, 9.17) is 27.9 Å². The number of carbonyl (C=O) groups excluding carboxylic acids is 4. The number of likely N-dealkylation sites (tertiary alicyclic amines) is 1. The third kappa shape index (κ3) is 5.28. The van der Waals surface area contributed by atoms with Crippen LogP contribution in [-0.2, 0) is 30.8 Å². The highest BCUT2D eigenvalue weighted by atomic mass is 79.9. The Morgan fingerprint density at radius 2 is 1.73 bits per heavy atom. The molecular weight excluding hydrogens is 860 g/mol. The predicted molar refractivity (Wildman–Crippen MR) is 189 cm³/mol. The number of ether oxygens (including phenoxy) is 1. The van der Waals surface area contributed by atoms with Crippen LogP contribution in [0.4, 0.5) is 19.0 Å². The first-order valence-corrected chi connectivity index (χ1v) is 18.4. The number of carbonyl (C=O) groups is 4. The third-order valence-electron chi connectivity index (χ3n) is 10.7. The van der Waals surface area contributed by atoms with Gasteiger partial charge in [-0.15, -0.1) is 0 Å². The van der Waals surface area contributed by atoms with Crippen molar-refractivity contribution in [3.63, 3.8) is 0 Å². The highest BCUT2D eigenvalue weighted by Gasteiger charge is 2.70. The zero-order chi connectivity index (χ0) is 37.6. The summed E-state index contributed by atoms with van der Waals surface area (Å²) in [5, 5.41) is 11.5. The fourth-order valence-corrected chi connectivity index (χ4v) is 9.77. The van der Waals surface area contributed by atoms with Gasteiger partial charge in [0.1, 0.15) is 0 Å². The number of pyridine rings is 1. The second-order valence-electron chi connectivity index (χ2n) is 13.0. The normalized spacial score (nSPS) is 27.0. The first-order valence-electron chi connectivity index (χ1n) is 16.0. The molecule has 1 aromatic heterocycles. The molecule has 3 heterocycles. The number of aromatic hydroxyl groups is 1. The van der Waals surface area contributed by atoms with Crippen molar-refractivity contribution < 1.29 is 42.2 Å². The van der Waals surface area contributed by atoms with Gasteiger partial charge in [-0.25, -0.2) is 4.98 Å². The summed E-state index contributed by atoms with van der Waals surface area (Å²) in [6.07, 6.45) is -2.21. The van der Waals surface area contributed by atoms with Crippen LogP contribution < -0.4 is 10.2 Å². The molecule has 10 nitrogen and oxygen atoms in total. The smallest absolute Gasteiger partial charge is 0.417 e. The number of aromatic nitrogens is 1. The van der Waals surface area contributed by atoms with Gasteiger partial charge in [0.05, 0.1) is 45.3 Å². The molecule has 0 bridgehead atoms. The Labute approximate surface area is 321 Å². The van der Waals surface area contributed by atoms with E-state index < -0.39 is 63.6 Å². The highest BCUT2D eigenvalue weighted by Crippen LogP contribution is 2.65. The Balaban J connectivity index is 1.49. The van der Waals surface area contributed by atoms with Crippen LogP contribution >= 0.6 is 55.1 Å². The SMILES string of the molecule is CCN1C(=O)[C@H]2[C@H](CC=C3[C@H]2C[C@H]2C(=O)N(Nc4ncc(C(F)(F)F)cc4Cl)C(=O)[C@@]2(c2ccc(Cl)cc2)[C@H]3c2cc(OC)c(O)c(Br)c2Br)C1=O. The molecule has 6 atom stereocenters. The van der Waals surface area contributed by atoms with Gasteiger partial charge in [-0.2, -0.15) is 18.2 Å². The number of phenols is 1. The standard InChI is InChI=1S/C35H27Br2Cl2F3N4O6/c1-3-45-30(48)18-9-8-17-19(24(18)32(45)50)11-21-31(49)46(44-29-22(39)10-15(13-43-29)35(40,41)42)33(51)34(21,14-4-6-16(38)7-5-14)25(17)20-12-23(52-2)28(47)27(37)26(20)36/h4-8,10,12-13,18-19,21,24-25,47H,3,9,11H2,1-2H3,(H,43,44)/t18-,19+,21-,24-,25+,34+/m0/s1. The molecule has 17 heteroatoms. The Morgan fingerprint density at radius 1 is 1.04 bits per heavy atom. The average Bonchev–Trinajstić information content (AvgIpc) is 3.48. The molecule has 2 N–H and O–H groups in total. The molecule has 2 aliphatic carbocycles. The van der Waals surface area contributed by atoms with E-state index in [0.717, 1.165) is 0 Å². The van der Waals surface area contributed by atoms with Gasteiger partial charge in [-0.3, -0.25) is 29.5 Å². The molecule has 1 saturated carbocycles. The minimum absolute atomic E-state index is 0.0341. The molecular formula is C35H27Br2Cl2F3N4O6. The van der Waals surface area contributed by atoms with Crippen molar-refractivity contribution in [2.24, 2.45) is 23.7 Å². The van der Waals surface area contributed by atoms with Gasteiger partial charge in [0, 0.05) is 28.2 Å². The number of methoxy groups -OCH3 is 1. The largest absolute Gasteiger partial charge is 0.503 e. The van der Waals surface area contributed by atoms with Gasteiger partial charge in [-0.05, 0) is 92.9 Å². The maximum Gasteiger partial charge on any atom is 0.417 e. The molecule has 0 unspecified atom stereocenters. The quantitative estimate of drug-likeness (QED) is 0.191. The van der Waals surface area contributed by atoms with Crippen LogP contribution in [0.25, 0.3) is 0 Å². The van der Waals surface area contributed by atoms with Crippen LogP contribution in [0.3, 0.4) is 0 Å². The van der Waals surface area contributed by atoms with Crippen LogP contribution in [0.15, 0.2) is 63.2 Å². The predicted octanol–water partition coefficient (Wildman–Crippen LogP) is 7.65. The summed E-state index contributed by atoms with van der Waals surface area (Å²) in [6, 6.07) is 8.56. The summed E-state index contributed by atoms with van der Waals surface area (Å²) in [5.74, 6) is -7.21. The number of nitrogens with one attached hydrogen (secondary N) is 1. The van der Waals surface area contributed by atoms with Crippen molar-refractivity contribution in [2.75, 3.05) is 19.1 Å². The van der Waals surface area contributed by atoms with E-state index in [2.05, 4.69) is 42.3 Å². The summed E-state index contributed by atoms with van der Waals surface area (Å²) in [4.78, 5) is 62.5. The van der Waals surface area contributed by atoms with Crippen molar-refractivity contribution in [1.29, 1.82) is 0 Å². The van der Waals surface area contributed by atoms with Gasteiger partial charge >= 0.3 is 6.18 Å². The number of benzene rings is 2. The molecule has 4 amide bonds. The molecule has 7 rings (SSSR count). The Bertz CT molecular complexity index is 2100. The van der Waals surface area contributed by atoms with E-state index in [1.165, 1.54) is 12.0 Å². The van der Waals surface area contributed by atoms with Gasteiger partial charge in [0.15, 0.2) is 17.3 Å². The minimum Gasteiger partial charge on any atom is -0.503 e. The van der Waals surface area contributed by atoms with Crippen LogP contribution in [0.5, 0.6) is 11.5 Å². The lowest BCUT2D eigenvalue weighted by Gasteiger charge is -2.51. The molecule has 272 valence electrons. The Morgan fingerprint density at radius 3 is 2.35 bits per heavy atom. The molecule has 2 saturated heterocycles. The number of allylic oxidation sites excluding steroid dienone is 2. The minimum atomic E-state index is -4.75. The number of alkyl halides is 3. The lowest BCUT2D eigenvalue weighted by molar-refractivity contribution is -0.141. The second-order valence-corrected chi connectivity index (χ2v) is 15.4. The van der Waals surface area contributed by atoms with Crippen molar-refractivity contribution in [1.82, 2.24) is 14.9 Å². The molecule has 2 aliphatic heterocycles. The Kier molecular flexibility index (Phi) is 9.19. The number of nitrogens with zero attached hydrogens (tertiary/aromatic N) is 3. The number of imide groups is 2. The van der Waals surface area contributed by atoms with E-state index in [1.54, 1.807) is 37.3 Å². The summed E-state index contributed by atoms with van der Waals surface area (Å²) in [6.45, 7) is 1.87. The summed E-state index contributed by atoms with van der Waals surface area (Å²) in [5.41, 5.74) is 1.11. The third-order valence-corrected chi connectivity index (χ3v) is 13.4. The molecule has 3 fully saturated rings. The van der Waals surface area contributed by atoms with E-state index in [1.807, 2.05) is 6.08 Å². The zero-order valence-corrected chi connectivity index (χ0v) is 31.8. The molecule has 4 aliphatic rings. The number of amides is 4. The number of fused-ring (bicyclic) bond motifs is 4. The lowest BCUT2D eigenvalue weighted by atomic mass is 9.49. The summed E-state index contributed by atoms with van der Waals surface area (Å²) in [7, 11) is 1.35. The van der Waals surface area contributed by atoms with Crippen molar-refractivity contribution in [3.8, 4) is 11.5 Å². The van der Waals surface area contributed by atoms with Crippen LogP contribution in [-0.4, -0.2) is 57.3 Å². The molecule has 2 aromatic carbocycles. The molecule has 52 heavy (non-hydrogen) atoms. The molecule has 0 radical (unpaired) electrons. The number of anilines is 1. The number of hydrogen-bond acceptors (Lipinski definition) is 8. The summed E-state index contributed by atoms with van der Waals surface area (Å²) >= 11 is 19.6. The van der Waals surface area contributed by atoms with Gasteiger partial charge in [0.2, 0.25) is 11.8 Å². The van der Waals surface area contributed by atoms with Gasteiger partial charge in [0.25, 0.3) is 11.8 Å². The molecule has 0 spiro atoms. The fourth-order valence-electron chi connectivity index (χ4n) is 8.48. The second kappa shape index (κ2) is 13.0. The van der Waals surface area contributed by atoms with Crippen LogP contribution in [0, 0.1) is 23.7 Å². The number of rotatable bonds is 6. The van der Waals surface area contributed by atoms with Crippen molar-refractivity contribution in [2.45, 2.75) is 37.3 Å². The van der Waals surface area contributed by atoms with E-state index in [0.29, 0.717) is 43.5 Å². The molecule has 3 aromatic rings. The maximum absolute atomic E-state index is 15.3. The monoisotopic (exact) mass is 884 g/mol. The maximum atomic E-state index is 15.3. The number of hydrogen-bond donors (Lipinski definition) is 2. The van der Waals surface area contributed by atoms with Crippen LogP contribution in [0.1, 0.15) is 42.4 Å².